The number of aliphatic carboxylic acids is 1. The van der Waals surface area contributed by atoms with Crippen molar-refractivity contribution in [1.82, 2.24) is 0 Å². The largest absolute Gasteiger partial charge is 1.00 e. The Morgan fingerprint density at radius 2 is 1.78 bits per heavy atom. The fourth-order valence-electron chi connectivity index (χ4n) is 0.134. The first-order chi connectivity index (χ1) is 3.72. The third-order valence-corrected chi connectivity index (χ3v) is 0.494. The second kappa shape index (κ2) is 6.21. The van der Waals surface area contributed by atoms with Crippen molar-refractivity contribution in [2.75, 3.05) is 0 Å². The maximum absolute atomic E-state index is 9.61. The minimum Gasteiger partial charge on any atom is -0.548 e. The van der Waals surface area contributed by atoms with E-state index >= 15 is 0 Å². The molecule has 0 atom stereocenters. The number of carbonyl (C=O) groups excluding carboxylic acids is 1. The number of hydrogen-bond donors (Lipinski definition) is 0. The average molecular weight is 148 g/mol. The van der Waals surface area contributed by atoms with Crippen LogP contribution in [0, 0.1) is 28.6 Å². The quantitative estimate of drug-likeness (QED) is 0.350. The van der Waals surface area contributed by atoms with Crippen LogP contribution in [0.15, 0.2) is 0 Å². The zero-order valence-electron chi connectivity index (χ0n) is 4.79. The summed E-state index contributed by atoms with van der Waals surface area (Å²) in [4.78, 5) is 9.61. The van der Waals surface area contributed by atoms with Gasteiger partial charge in [0.1, 0.15) is 0 Å². The molecule has 0 aliphatic rings. The molecule has 0 rings (SSSR count). The molecule has 9 heavy (non-hydrogen) atoms. The third kappa shape index (κ3) is 4.58. The smallest absolute Gasteiger partial charge is 0.548 e. The van der Waals surface area contributed by atoms with E-state index in [4.69, 9.17) is 10.5 Å². The predicted octanol–water partition coefficient (Wildman–Crippen LogP) is -4.60. The second-order valence-corrected chi connectivity index (χ2v) is 1.01. The van der Waals surface area contributed by atoms with Crippen LogP contribution in [-0.2, 0) is 4.79 Å². The molecule has 0 unspecified atom stereocenters. The molecule has 0 saturated carbocycles. The Morgan fingerprint density at radius 3 is 1.78 bits per heavy atom. The summed E-state index contributed by atoms with van der Waals surface area (Å²) in [5.74, 6) is -3.27. The molecule has 0 aromatic rings. The average Bonchev–Trinajstić information content (AvgIpc) is 1.69. The van der Waals surface area contributed by atoms with Crippen LogP contribution in [0.5, 0.6) is 0 Å². The molecule has 0 aliphatic carbocycles. The van der Waals surface area contributed by atoms with E-state index in [2.05, 4.69) is 0 Å². The van der Waals surface area contributed by atoms with Gasteiger partial charge in [-0.15, -0.1) is 0 Å². The number of nitrogens with zero attached hydrogens (tertiary/aromatic N) is 2. The van der Waals surface area contributed by atoms with Gasteiger partial charge in [0.25, 0.3) is 0 Å². The molecule has 0 saturated heterocycles. The predicted molar refractivity (Wildman–Crippen MR) is 19.7 cm³/mol. The van der Waals surface area contributed by atoms with Gasteiger partial charge in [-0.2, -0.15) is 10.5 Å². The van der Waals surface area contributed by atoms with Crippen LogP contribution in [-0.4, -0.2) is 5.97 Å². The summed E-state index contributed by atoms with van der Waals surface area (Å²) < 4.78 is 0. The van der Waals surface area contributed by atoms with E-state index in [0.717, 1.165) is 0 Å². The molecule has 0 aliphatic heterocycles. The van der Waals surface area contributed by atoms with E-state index in [1.807, 2.05) is 0 Å². The van der Waals surface area contributed by atoms with Gasteiger partial charge >= 0.3 is 51.4 Å². The number of rotatable bonds is 1. The van der Waals surface area contributed by atoms with Crippen LogP contribution in [0.3, 0.4) is 0 Å². The van der Waals surface area contributed by atoms with E-state index in [9.17, 15) is 9.90 Å². The molecular weight excluding hydrogens is 147 g/mol. The molecule has 0 fully saturated rings. The van der Waals surface area contributed by atoms with E-state index in [-0.39, 0.29) is 51.4 Å². The molecule has 4 nitrogen and oxygen atoms in total. The molecule has 5 heteroatoms. The van der Waals surface area contributed by atoms with Gasteiger partial charge in [0.15, 0.2) is 5.92 Å². The van der Waals surface area contributed by atoms with Gasteiger partial charge in [-0.25, -0.2) is 0 Å². The van der Waals surface area contributed by atoms with E-state index in [1.54, 1.807) is 0 Å². The minimum absolute atomic E-state index is 0. The third-order valence-electron chi connectivity index (χ3n) is 0.494. The topological polar surface area (TPSA) is 87.7 Å². The first-order valence-corrected chi connectivity index (χ1v) is 1.72. The fraction of sp³-hybridized carbons (Fsp3) is 0.250. The first-order valence-electron chi connectivity index (χ1n) is 1.72. The Morgan fingerprint density at radius 1 is 1.44 bits per heavy atom. The second-order valence-electron chi connectivity index (χ2n) is 1.01. The van der Waals surface area contributed by atoms with Crippen LogP contribution in [0.1, 0.15) is 0 Å². The summed E-state index contributed by atoms with van der Waals surface area (Å²) >= 11 is 0. The normalized spacial score (nSPS) is 6.56. The fourth-order valence-corrected chi connectivity index (χ4v) is 0.134. The number of hydrogen-bond acceptors (Lipinski definition) is 4. The maximum atomic E-state index is 9.61. The molecular formula is C4HKN2O2. The van der Waals surface area contributed by atoms with Gasteiger partial charge in [-0.1, -0.05) is 0 Å². The zero-order chi connectivity index (χ0) is 6.57. The summed E-state index contributed by atoms with van der Waals surface area (Å²) in [6, 6.07) is 2.46. The molecule has 40 valence electrons. The summed E-state index contributed by atoms with van der Waals surface area (Å²) in [7, 11) is 0. The van der Waals surface area contributed by atoms with Gasteiger partial charge in [-0.3, -0.25) is 0 Å². The number of carboxylic acids is 1. The molecule has 0 heterocycles. The van der Waals surface area contributed by atoms with Gasteiger partial charge in [0.05, 0.1) is 18.1 Å². The Labute approximate surface area is 94.5 Å². The minimum atomic E-state index is -1.64. The van der Waals surface area contributed by atoms with Crippen molar-refractivity contribution in [3.63, 3.8) is 0 Å². The molecule has 0 radical (unpaired) electrons. The van der Waals surface area contributed by atoms with Gasteiger partial charge in [0, 0.05) is 0 Å². The Kier molecular flexibility index (Phi) is 8.16. The molecule has 0 aromatic heterocycles. The van der Waals surface area contributed by atoms with E-state index < -0.39 is 11.9 Å². The number of nitriles is 2. The van der Waals surface area contributed by atoms with Crippen molar-refractivity contribution >= 4 is 5.97 Å². The van der Waals surface area contributed by atoms with Crippen molar-refractivity contribution in [3.05, 3.63) is 0 Å². The van der Waals surface area contributed by atoms with Crippen LogP contribution >= 0.6 is 0 Å². The Balaban J connectivity index is 0. The summed E-state index contributed by atoms with van der Waals surface area (Å²) in [6.45, 7) is 0. The number of carbonyl (C=O) groups is 1. The van der Waals surface area contributed by atoms with Gasteiger partial charge in [-0.05, 0) is 0 Å². The van der Waals surface area contributed by atoms with Crippen molar-refractivity contribution in [1.29, 1.82) is 10.5 Å². The van der Waals surface area contributed by atoms with Crippen LogP contribution in [0.25, 0.3) is 0 Å². The summed E-state index contributed by atoms with van der Waals surface area (Å²) in [5, 5.41) is 25.2. The van der Waals surface area contributed by atoms with Crippen LogP contribution < -0.4 is 56.5 Å². The maximum Gasteiger partial charge on any atom is 1.00 e. The van der Waals surface area contributed by atoms with E-state index in [0.29, 0.717) is 0 Å². The number of carboxylic acid groups (broad SMARTS) is 1. The van der Waals surface area contributed by atoms with Crippen molar-refractivity contribution in [2.24, 2.45) is 5.92 Å². The molecule has 0 N–H and O–H groups in total. The molecule has 0 aromatic carbocycles. The first kappa shape index (κ1) is 11.8. The van der Waals surface area contributed by atoms with Crippen molar-refractivity contribution in [3.8, 4) is 12.1 Å². The van der Waals surface area contributed by atoms with E-state index in [1.165, 1.54) is 12.1 Å². The van der Waals surface area contributed by atoms with Crippen LogP contribution in [0.2, 0.25) is 0 Å². The Bertz CT molecular complexity index is 164. The van der Waals surface area contributed by atoms with Gasteiger partial charge < -0.3 is 9.90 Å². The molecule has 0 spiro atoms. The Hall–Kier alpha value is 0.0864. The SMILES string of the molecule is N#CC(C#N)C(=O)[O-].[K+]. The molecule has 0 bridgehead atoms. The summed E-state index contributed by atoms with van der Waals surface area (Å²) in [5.41, 5.74) is 0. The summed E-state index contributed by atoms with van der Waals surface area (Å²) in [6.07, 6.45) is 0. The molecule has 0 amide bonds. The standard InChI is InChI=1S/C4H2N2O2.K/c5-1-3(2-6)4(7)8;/h3H,(H,7,8);/q;+1/p-1. The monoisotopic (exact) mass is 148 g/mol. The van der Waals surface area contributed by atoms with Crippen LogP contribution in [0.4, 0.5) is 0 Å². The van der Waals surface area contributed by atoms with Crippen molar-refractivity contribution in [2.45, 2.75) is 0 Å². The van der Waals surface area contributed by atoms with Crippen molar-refractivity contribution < 1.29 is 61.3 Å². The van der Waals surface area contributed by atoms with Gasteiger partial charge in [0.2, 0.25) is 0 Å². The zero-order valence-corrected chi connectivity index (χ0v) is 7.91.